The second-order valence-corrected chi connectivity index (χ2v) is 6.27. The van der Waals surface area contributed by atoms with Crippen LogP contribution in [0.15, 0.2) is 40.9 Å². The molecular weight excluding hydrogens is 312 g/mol. The number of likely N-dealkylation sites (N-methyl/N-ethyl adjacent to an activating group) is 1. The Bertz CT molecular complexity index is 861. The summed E-state index contributed by atoms with van der Waals surface area (Å²) >= 11 is 0. The molecule has 5 nitrogen and oxygen atoms in total. The fourth-order valence-corrected chi connectivity index (χ4v) is 2.89. The highest BCUT2D eigenvalue weighted by Gasteiger charge is 2.10. The van der Waals surface area contributed by atoms with E-state index in [-0.39, 0.29) is 0 Å². The molecule has 130 valence electrons. The zero-order valence-corrected chi connectivity index (χ0v) is 15.2. The van der Waals surface area contributed by atoms with Crippen molar-refractivity contribution in [3.8, 4) is 5.69 Å². The summed E-state index contributed by atoms with van der Waals surface area (Å²) in [7, 11) is 1.92. The van der Waals surface area contributed by atoms with E-state index in [0.717, 1.165) is 17.8 Å². The van der Waals surface area contributed by atoms with Gasteiger partial charge in [-0.05, 0) is 57.7 Å². The topological polar surface area (TPSA) is 55.9 Å². The molecule has 0 aliphatic heterocycles. The molecule has 0 bridgehead atoms. The van der Waals surface area contributed by atoms with Gasteiger partial charge in [-0.3, -0.25) is 0 Å². The molecule has 0 radical (unpaired) electrons. The zero-order chi connectivity index (χ0) is 17.8. The molecule has 0 amide bonds. The molecule has 1 atom stereocenters. The van der Waals surface area contributed by atoms with Crippen molar-refractivity contribution in [1.82, 2.24) is 20.0 Å². The summed E-state index contributed by atoms with van der Waals surface area (Å²) in [6.45, 7) is 6.32. The van der Waals surface area contributed by atoms with Crippen LogP contribution in [0.5, 0.6) is 0 Å². The van der Waals surface area contributed by atoms with Gasteiger partial charge in [-0.25, -0.2) is 0 Å². The molecule has 5 heteroatoms. The Morgan fingerprint density at radius 3 is 2.68 bits per heavy atom. The molecule has 0 aliphatic rings. The first-order chi connectivity index (χ1) is 12.1. The summed E-state index contributed by atoms with van der Waals surface area (Å²) in [5.41, 5.74) is 4.68. The third-order valence-electron chi connectivity index (χ3n) is 4.36. The number of hydrogen-bond acceptors (Lipinski definition) is 4. The highest BCUT2D eigenvalue weighted by atomic mass is 16.5. The van der Waals surface area contributed by atoms with Gasteiger partial charge in [0.1, 0.15) is 0 Å². The first-order valence-electron chi connectivity index (χ1n) is 8.50. The number of nitrogens with zero attached hydrogens (tertiary/aromatic N) is 3. The maximum Gasteiger partial charge on any atom is 0.250 e. The second kappa shape index (κ2) is 7.49. The van der Waals surface area contributed by atoms with Crippen LogP contribution in [0.3, 0.4) is 0 Å². The maximum atomic E-state index is 5.31. The predicted octanol–water partition coefficient (Wildman–Crippen LogP) is 3.80. The van der Waals surface area contributed by atoms with E-state index < -0.39 is 0 Å². The van der Waals surface area contributed by atoms with Crippen LogP contribution < -0.4 is 5.32 Å². The van der Waals surface area contributed by atoms with Crippen molar-refractivity contribution < 1.29 is 4.52 Å². The van der Waals surface area contributed by atoms with Crippen LogP contribution in [0, 0.1) is 13.8 Å². The molecule has 1 unspecified atom stereocenters. The van der Waals surface area contributed by atoms with Gasteiger partial charge in [0.25, 0.3) is 5.89 Å². The summed E-state index contributed by atoms with van der Waals surface area (Å²) in [5, 5.41) is 7.20. The van der Waals surface area contributed by atoms with E-state index in [1.165, 1.54) is 17.1 Å². The molecule has 1 N–H and O–H groups in total. The van der Waals surface area contributed by atoms with Gasteiger partial charge in [0.2, 0.25) is 0 Å². The van der Waals surface area contributed by atoms with Gasteiger partial charge in [-0.2, -0.15) is 4.98 Å². The lowest BCUT2D eigenvalue weighted by Crippen LogP contribution is -2.24. The molecular formula is C20H24N4O. The monoisotopic (exact) mass is 336 g/mol. The smallest absolute Gasteiger partial charge is 0.250 e. The van der Waals surface area contributed by atoms with Crippen molar-refractivity contribution in [1.29, 1.82) is 0 Å². The van der Waals surface area contributed by atoms with E-state index in [4.69, 9.17) is 4.52 Å². The van der Waals surface area contributed by atoms with Crippen molar-refractivity contribution in [2.24, 2.45) is 0 Å². The molecule has 0 saturated heterocycles. The molecule has 0 aliphatic carbocycles. The average Bonchev–Trinajstić information content (AvgIpc) is 3.17. The van der Waals surface area contributed by atoms with Crippen molar-refractivity contribution in [3.63, 3.8) is 0 Å². The fourth-order valence-electron chi connectivity index (χ4n) is 2.89. The third-order valence-corrected chi connectivity index (χ3v) is 4.36. The van der Waals surface area contributed by atoms with E-state index in [1.54, 1.807) is 0 Å². The molecule has 2 heterocycles. The fraction of sp³-hybridized carbons (Fsp3) is 0.300. The molecule has 0 spiro atoms. The van der Waals surface area contributed by atoms with Crippen LogP contribution in [0.25, 0.3) is 17.8 Å². The van der Waals surface area contributed by atoms with E-state index >= 15 is 0 Å². The Morgan fingerprint density at radius 2 is 1.96 bits per heavy atom. The van der Waals surface area contributed by atoms with Gasteiger partial charge >= 0.3 is 0 Å². The molecule has 25 heavy (non-hydrogen) atoms. The van der Waals surface area contributed by atoms with Gasteiger partial charge in [0.15, 0.2) is 5.82 Å². The number of hydrogen-bond donors (Lipinski definition) is 1. The summed E-state index contributed by atoms with van der Waals surface area (Å²) in [5.74, 6) is 1.25. The van der Waals surface area contributed by atoms with Gasteiger partial charge in [0, 0.05) is 35.6 Å². The van der Waals surface area contributed by atoms with Crippen LogP contribution in [0.4, 0.5) is 0 Å². The lowest BCUT2D eigenvalue weighted by Gasteiger charge is -2.09. The number of benzene rings is 1. The molecule has 3 aromatic rings. The maximum absolute atomic E-state index is 5.31. The Morgan fingerprint density at radius 1 is 1.20 bits per heavy atom. The predicted molar refractivity (Wildman–Crippen MR) is 101 cm³/mol. The van der Waals surface area contributed by atoms with Crippen molar-refractivity contribution in [2.45, 2.75) is 33.2 Å². The van der Waals surface area contributed by atoms with Gasteiger partial charge < -0.3 is 14.4 Å². The summed E-state index contributed by atoms with van der Waals surface area (Å²) in [6, 6.07) is 12.8. The first kappa shape index (κ1) is 17.2. The van der Waals surface area contributed by atoms with Crippen molar-refractivity contribution in [2.75, 3.05) is 7.05 Å². The molecule has 2 aromatic heterocycles. The van der Waals surface area contributed by atoms with Crippen LogP contribution in [-0.4, -0.2) is 27.8 Å². The minimum Gasteiger partial charge on any atom is -0.335 e. The Labute approximate surface area is 148 Å². The van der Waals surface area contributed by atoms with Gasteiger partial charge in [-0.1, -0.05) is 23.4 Å². The normalized spacial score (nSPS) is 12.8. The van der Waals surface area contributed by atoms with E-state index in [9.17, 15) is 0 Å². The third kappa shape index (κ3) is 3.88. The quantitative estimate of drug-likeness (QED) is 0.744. The molecule has 3 rings (SSSR count). The van der Waals surface area contributed by atoms with Crippen LogP contribution >= 0.6 is 0 Å². The largest absolute Gasteiger partial charge is 0.335 e. The number of nitrogens with one attached hydrogen (secondary N) is 1. The average molecular weight is 336 g/mol. The highest BCUT2D eigenvalue weighted by molar-refractivity contribution is 5.68. The van der Waals surface area contributed by atoms with Crippen LogP contribution in [0.2, 0.25) is 0 Å². The number of aryl methyl sites for hydroxylation is 1. The lowest BCUT2D eigenvalue weighted by atomic mass is 10.2. The summed E-state index contributed by atoms with van der Waals surface area (Å²) in [4.78, 5) is 4.42. The van der Waals surface area contributed by atoms with Crippen molar-refractivity contribution >= 4 is 12.2 Å². The number of aromatic nitrogens is 3. The van der Waals surface area contributed by atoms with Crippen LogP contribution in [-0.2, 0) is 6.42 Å². The number of rotatable bonds is 6. The van der Waals surface area contributed by atoms with E-state index in [1.807, 2.05) is 25.3 Å². The minimum absolute atomic E-state index is 0.319. The Kier molecular flexibility index (Phi) is 5.14. The molecule has 0 saturated carbocycles. The molecule has 1 aromatic carbocycles. The lowest BCUT2D eigenvalue weighted by molar-refractivity contribution is 0.400. The van der Waals surface area contributed by atoms with E-state index in [2.05, 4.69) is 71.1 Å². The molecule has 0 fully saturated rings. The van der Waals surface area contributed by atoms with Crippen molar-refractivity contribution in [3.05, 3.63) is 65.1 Å². The highest BCUT2D eigenvalue weighted by Crippen LogP contribution is 2.22. The minimum atomic E-state index is 0.319. The summed E-state index contributed by atoms with van der Waals surface area (Å²) < 4.78 is 7.55. The van der Waals surface area contributed by atoms with Crippen LogP contribution in [0.1, 0.15) is 35.6 Å². The SMILES string of the molecule is CNC(C)Cc1noc(/C=C/c2cc(C)n(-c3ccccc3)c2C)n1. The van der Waals surface area contributed by atoms with Gasteiger partial charge in [-0.15, -0.1) is 0 Å². The Hall–Kier alpha value is -2.66. The Balaban J connectivity index is 1.81. The second-order valence-electron chi connectivity index (χ2n) is 6.27. The van der Waals surface area contributed by atoms with E-state index in [0.29, 0.717) is 11.9 Å². The standard InChI is InChI=1S/C20H24N4O/c1-14(21-4)12-19-22-20(25-23-19)11-10-17-13-15(2)24(16(17)3)18-8-6-5-7-9-18/h5-11,13-14,21H,12H2,1-4H3/b11-10+. The van der Waals surface area contributed by atoms with Gasteiger partial charge in [0.05, 0.1) is 0 Å². The summed E-state index contributed by atoms with van der Waals surface area (Å²) in [6.07, 6.45) is 4.65. The first-order valence-corrected chi connectivity index (χ1v) is 8.50. The zero-order valence-electron chi connectivity index (χ0n) is 15.2. The number of para-hydroxylation sites is 1.